The van der Waals surface area contributed by atoms with Crippen molar-refractivity contribution in [2.24, 2.45) is 4.40 Å². The molecule has 0 aliphatic carbocycles. The van der Waals surface area contributed by atoms with Gasteiger partial charge >= 0.3 is 12.5 Å². The second-order valence-electron chi connectivity index (χ2n) is 6.51. The van der Waals surface area contributed by atoms with Gasteiger partial charge in [0, 0.05) is 24.0 Å². The molecule has 0 aliphatic heterocycles. The molecule has 1 heterocycles. The highest BCUT2D eigenvalue weighted by atomic mass is 32.2. The number of benzene rings is 1. The molecule has 5 nitrogen and oxygen atoms in total. The van der Waals surface area contributed by atoms with E-state index < -0.39 is 39.8 Å². The van der Waals surface area contributed by atoms with Gasteiger partial charge in [-0.3, -0.25) is 0 Å². The molecule has 0 saturated heterocycles. The minimum atomic E-state index is -4.82. The minimum absolute atomic E-state index is 0.0581. The molecule has 1 atom stereocenters. The van der Waals surface area contributed by atoms with Crippen molar-refractivity contribution in [3.8, 4) is 5.75 Å². The van der Waals surface area contributed by atoms with Crippen LogP contribution in [0.4, 0.5) is 22.0 Å². The van der Waals surface area contributed by atoms with E-state index in [0.717, 1.165) is 12.1 Å². The molecule has 1 aromatic carbocycles. The highest BCUT2D eigenvalue weighted by molar-refractivity contribution is 7.85. The summed E-state index contributed by atoms with van der Waals surface area (Å²) in [6.07, 6.45) is -6.24. The Kier molecular flexibility index (Phi) is 6.48. The molecule has 152 valence electrons. The molecular formula is C17H16F5N3O2S. The summed E-state index contributed by atoms with van der Waals surface area (Å²) in [6, 6.07) is 3.77. The van der Waals surface area contributed by atoms with Crippen molar-refractivity contribution in [1.82, 2.24) is 9.97 Å². The fourth-order valence-corrected chi connectivity index (χ4v) is 2.45. The summed E-state index contributed by atoms with van der Waals surface area (Å²) >= 11 is 0. The summed E-state index contributed by atoms with van der Waals surface area (Å²) in [4.78, 5) is 7.89. The van der Waals surface area contributed by atoms with Crippen molar-refractivity contribution in [2.75, 3.05) is 0 Å². The zero-order valence-corrected chi connectivity index (χ0v) is 15.8. The Morgan fingerprint density at radius 1 is 1.14 bits per heavy atom. The summed E-state index contributed by atoms with van der Waals surface area (Å²) in [6.45, 7) is 4.91. The Balaban J connectivity index is 2.58. The van der Waals surface area contributed by atoms with Crippen LogP contribution in [0.25, 0.3) is 0 Å². The number of ether oxygens (including phenoxy) is 1. The van der Waals surface area contributed by atoms with E-state index in [4.69, 9.17) is 0 Å². The molecule has 0 spiro atoms. The van der Waals surface area contributed by atoms with Crippen LogP contribution in [0.1, 0.15) is 32.2 Å². The molecule has 0 bridgehead atoms. The highest BCUT2D eigenvalue weighted by Gasteiger charge is 2.44. The van der Waals surface area contributed by atoms with E-state index in [-0.39, 0.29) is 17.1 Å². The third-order valence-electron chi connectivity index (χ3n) is 3.13. The fraction of sp³-hybridized carbons (Fsp3) is 0.353. The Bertz CT molecular complexity index is 886. The van der Waals surface area contributed by atoms with Gasteiger partial charge < -0.3 is 4.74 Å². The monoisotopic (exact) mass is 421 g/mol. The number of rotatable bonds is 6. The lowest BCUT2D eigenvalue weighted by Crippen LogP contribution is -2.33. The molecule has 1 aromatic heterocycles. The molecule has 11 heteroatoms. The lowest BCUT2D eigenvalue weighted by Gasteiger charge is -2.18. The predicted octanol–water partition coefficient (Wildman–Crippen LogP) is 4.15. The topological polar surface area (TPSA) is 64.4 Å². The van der Waals surface area contributed by atoms with Gasteiger partial charge in [0.25, 0.3) is 0 Å². The van der Waals surface area contributed by atoms with Gasteiger partial charge in [0.1, 0.15) is 28.3 Å². The van der Waals surface area contributed by atoms with Gasteiger partial charge in [-0.15, -0.1) is 0 Å². The SMILES string of the molecule is CC(C)(C)[S@@](=O)N=C(c1cc(F)cc(OC(F)(F)C(F)F)c1)c1ncccn1. The molecule has 0 aliphatic rings. The summed E-state index contributed by atoms with van der Waals surface area (Å²) in [7, 11) is -1.83. The maximum Gasteiger partial charge on any atom is 0.461 e. The van der Waals surface area contributed by atoms with Crippen LogP contribution < -0.4 is 4.74 Å². The van der Waals surface area contributed by atoms with Crippen LogP contribution >= 0.6 is 0 Å². The van der Waals surface area contributed by atoms with Crippen LogP contribution in [-0.2, 0) is 11.0 Å². The van der Waals surface area contributed by atoms with Gasteiger partial charge in [-0.05, 0) is 39.0 Å². The lowest BCUT2D eigenvalue weighted by molar-refractivity contribution is -0.253. The standard InChI is InChI=1S/C17H16F5N3O2S/c1-16(2,3)28(26)25-13(14-23-5-4-6-24-14)10-7-11(18)9-12(8-10)27-17(21,22)15(19)20/h4-9,15H,1-3H3/t28-/m1/s1. The van der Waals surface area contributed by atoms with Crippen LogP contribution in [0.3, 0.4) is 0 Å². The van der Waals surface area contributed by atoms with Gasteiger partial charge in [0.15, 0.2) is 5.82 Å². The fourth-order valence-electron chi connectivity index (χ4n) is 1.82. The first-order valence-corrected chi connectivity index (χ1v) is 8.95. The first-order chi connectivity index (χ1) is 12.9. The normalized spacial score (nSPS) is 14.2. The van der Waals surface area contributed by atoms with Crippen molar-refractivity contribution >= 4 is 16.7 Å². The summed E-state index contributed by atoms with van der Waals surface area (Å²) in [5.41, 5.74) is -0.331. The van der Waals surface area contributed by atoms with E-state index in [1.807, 2.05) is 0 Å². The van der Waals surface area contributed by atoms with E-state index in [1.165, 1.54) is 18.5 Å². The number of nitrogens with zero attached hydrogens (tertiary/aromatic N) is 3. The second kappa shape index (κ2) is 8.29. The van der Waals surface area contributed by atoms with Gasteiger partial charge in [0.2, 0.25) is 0 Å². The molecule has 0 unspecified atom stereocenters. The first-order valence-electron chi connectivity index (χ1n) is 7.84. The van der Waals surface area contributed by atoms with E-state index in [9.17, 15) is 26.2 Å². The molecule has 0 radical (unpaired) electrons. The molecule has 28 heavy (non-hydrogen) atoms. The highest BCUT2D eigenvalue weighted by Crippen LogP contribution is 2.29. The minimum Gasteiger partial charge on any atom is -0.428 e. The molecule has 0 saturated carbocycles. The largest absolute Gasteiger partial charge is 0.461 e. The van der Waals surface area contributed by atoms with E-state index >= 15 is 0 Å². The maximum absolute atomic E-state index is 14.0. The van der Waals surface area contributed by atoms with Crippen LogP contribution in [0.15, 0.2) is 41.1 Å². The van der Waals surface area contributed by atoms with Crippen LogP contribution in [0.2, 0.25) is 0 Å². The van der Waals surface area contributed by atoms with Crippen molar-refractivity contribution in [3.05, 3.63) is 53.9 Å². The molecule has 0 amide bonds. The van der Waals surface area contributed by atoms with Crippen molar-refractivity contribution in [1.29, 1.82) is 0 Å². The lowest BCUT2D eigenvalue weighted by atomic mass is 10.1. The number of hydrogen-bond acceptors (Lipinski definition) is 4. The number of aromatic nitrogens is 2. The average molecular weight is 421 g/mol. The van der Waals surface area contributed by atoms with E-state index in [1.54, 1.807) is 20.8 Å². The third kappa shape index (κ3) is 5.54. The van der Waals surface area contributed by atoms with Crippen LogP contribution in [0, 0.1) is 5.82 Å². The summed E-state index contributed by atoms with van der Waals surface area (Å²) in [5.74, 6) is -1.97. The molecule has 0 N–H and O–H groups in total. The summed E-state index contributed by atoms with van der Waals surface area (Å²) in [5, 5.41) is 0. The molecular weight excluding hydrogens is 405 g/mol. The van der Waals surface area contributed by atoms with Crippen LogP contribution in [-0.4, -0.2) is 37.2 Å². The molecule has 2 aromatic rings. The third-order valence-corrected chi connectivity index (χ3v) is 4.52. The Hall–Kier alpha value is -2.43. The summed E-state index contributed by atoms with van der Waals surface area (Å²) < 4.78 is 84.7. The second-order valence-corrected chi connectivity index (χ2v) is 8.42. The number of hydrogen-bond donors (Lipinski definition) is 0. The smallest absolute Gasteiger partial charge is 0.428 e. The Morgan fingerprint density at radius 2 is 1.75 bits per heavy atom. The zero-order valence-electron chi connectivity index (χ0n) is 15.0. The zero-order chi connectivity index (χ0) is 21.1. The van der Waals surface area contributed by atoms with Gasteiger partial charge in [-0.1, -0.05) is 0 Å². The molecule has 2 rings (SSSR count). The quantitative estimate of drug-likeness (QED) is 0.519. The van der Waals surface area contributed by atoms with Crippen molar-refractivity contribution in [3.63, 3.8) is 0 Å². The van der Waals surface area contributed by atoms with Gasteiger partial charge in [-0.25, -0.2) is 18.6 Å². The van der Waals surface area contributed by atoms with Gasteiger partial charge in [0.05, 0.1) is 4.75 Å². The van der Waals surface area contributed by atoms with E-state index in [0.29, 0.717) is 6.07 Å². The average Bonchev–Trinajstić information content (AvgIpc) is 2.58. The number of halogens is 5. The van der Waals surface area contributed by atoms with E-state index in [2.05, 4.69) is 19.1 Å². The molecule has 0 fully saturated rings. The predicted molar refractivity (Wildman–Crippen MR) is 93.5 cm³/mol. The van der Waals surface area contributed by atoms with Crippen molar-refractivity contribution in [2.45, 2.75) is 38.1 Å². The van der Waals surface area contributed by atoms with Gasteiger partial charge in [-0.2, -0.15) is 22.0 Å². The Morgan fingerprint density at radius 3 is 2.29 bits per heavy atom. The Labute approximate surface area is 160 Å². The number of alkyl halides is 4. The maximum atomic E-state index is 14.0. The van der Waals surface area contributed by atoms with Crippen molar-refractivity contribution < 1.29 is 30.9 Å². The van der Waals surface area contributed by atoms with Crippen LogP contribution in [0.5, 0.6) is 5.75 Å². The first kappa shape index (κ1) is 21.9.